The zero-order valence-corrected chi connectivity index (χ0v) is 11.2. The summed E-state index contributed by atoms with van der Waals surface area (Å²) in [6.45, 7) is 0.872. The first kappa shape index (κ1) is 12.5. The molecule has 4 nitrogen and oxygen atoms in total. The SMILES string of the molecule is Nc1cccc(C(=O)N2CCC[C@@H]2C2CCCC2)n1. The lowest BCUT2D eigenvalue weighted by Gasteiger charge is -2.29. The average Bonchev–Trinajstić information content (AvgIpc) is 3.08. The van der Waals surface area contributed by atoms with Gasteiger partial charge in [-0.3, -0.25) is 4.79 Å². The first-order valence-corrected chi connectivity index (χ1v) is 7.29. The number of likely N-dealkylation sites (tertiary alicyclic amines) is 1. The molecule has 0 radical (unpaired) electrons. The molecular formula is C15H21N3O. The number of pyridine rings is 1. The Balaban J connectivity index is 1.78. The number of amides is 1. The molecule has 2 aliphatic rings. The highest BCUT2D eigenvalue weighted by Crippen LogP contribution is 2.35. The van der Waals surface area contributed by atoms with Gasteiger partial charge in [0.05, 0.1) is 0 Å². The van der Waals surface area contributed by atoms with Crippen molar-refractivity contribution in [2.45, 2.75) is 44.6 Å². The molecule has 1 atom stereocenters. The molecule has 3 rings (SSSR count). The molecule has 1 saturated carbocycles. The van der Waals surface area contributed by atoms with E-state index in [1.54, 1.807) is 18.2 Å². The maximum atomic E-state index is 12.6. The zero-order chi connectivity index (χ0) is 13.2. The van der Waals surface area contributed by atoms with E-state index in [4.69, 9.17) is 5.73 Å². The van der Waals surface area contributed by atoms with Gasteiger partial charge < -0.3 is 10.6 Å². The van der Waals surface area contributed by atoms with Crippen molar-refractivity contribution in [3.63, 3.8) is 0 Å². The fourth-order valence-corrected chi connectivity index (χ4v) is 3.59. The number of hydrogen-bond acceptors (Lipinski definition) is 3. The highest BCUT2D eigenvalue weighted by Gasteiger charge is 2.36. The fraction of sp³-hybridized carbons (Fsp3) is 0.600. The molecule has 1 aliphatic heterocycles. The Morgan fingerprint density at radius 2 is 2.00 bits per heavy atom. The normalized spacial score (nSPS) is 24.0. The van der Waals surface area contributed by atoms with Crippen molar-refractivity contribution in [1.82, 2.24) is 9.88 Å². The minimum Gasteiger partial charge on any atom is -0.384 e. The van der Waals surface area contributed by atoms with Crippen molar-refractivity contribution in [3.05, 3.63) is 23.9 Å². The number of nitrogen functional groups attached to an aromatic ring is 1. The molecule has 1 aromatic rings. The monoisotopic (exact) mass is 259 g/mol. The van der Waals surface area contributed by atoms with Crippen LogP contribution in [0, 0.1) is 5.92 Å². The first-order valence-electron chi connectivity index (χ1n) is 7.29. The highest BCUT2D eigenvalue weighted by atomic mass is 16.2. The van der Waals surface area contributed by atoms with Gasteiger partial charge in [-0.2, -0.15) is 0 Å². The second-order valence-electron chi connectivity index (χ2n) is 5.70. The summed E-state index contributed by atoms with van der Waals surface area (Å²) in [4.78, 5) is 18.8. The van der Waals surface area contributed by atoms with Crippen molar-refractivity contribution in [2.75, 3.05) is 12.3 Å². The fourth-order valence-electron chi connectivity index (χ4n) is 3.59. The lowest BCUT2D eigenvalue weighted by Crippen LogP contribution is -2.39. The minimum atomic E-state index is 0.0571. The molecule has 2 heterocycles. The number of hydrogen-bond donors (Lipinski definition) is 1. The van der Waals surface area contributed by atoms with Crippen LogP contribution in [0.4, 0.5) is 5.82 Å². The molecule has 0 unspecified atom stereocenters. The van der Waals surface area contributed by atoms with Crippen LogP contribution in [0.15, 0.2) is 18.2 Å². The van der Waals surface area contributed by atoms with Gasteiger partial charge in [-0.05, 0) is 43.7 Å². The third-order valence-electron chi connectivity index (χ3n) is 4.49. The number of nitrogens with two attached hydrogens (primary N) is 1. The predicted molar refractivity (Wildman–Crippen MR) is 74.7 cm³/mol. The van der Waals surface area contributed by atoms with E-state index in [9.17, 15) is 4.79 Å². The summed E-state index contributed by atoms with van der Waals surface area (Å²) >= 11 is 0. The van der Waals surface area contributed by atoms with Gasteiger partial charge in [-0.1, -0.05) is 18.9 Å². The maximum absolute atomic E-state index is 12.6. The van der Waals surface area contributed by atoms with E-state index in [1.165, 1.54) is 25.7 Å². The topological polar surface area (TPSA) is 59.2 Å². The lowest BCUT2D eigenvalue weighted by atomic mass is 9.96. The van der Waals surface area contributed by atoms with Gasteiger partial charge in [0.1, 0.15) is 11.5 Å². The maximum Gasteiger partial charge on any atom is 0.272 e. The van der Waals surface area contributed by atoms with Gasteiger partial charge in [0.2, 0.25) is 0 Å². The van der Waals surface area contributed by atoms with E-state index in [2.05, 4.69) is 4.98 Å². The van der Waals surface area contributed by atoms with E-state index in [1.807, 2.05) is 4.90 Å². The summed E-state index contributed by atoms with van der Waals surface area (Å²) in [7, 11) is 0. The second-order valence-corrected chi connectivity index (χ2v) is 5.70. The molecule has 0 bridgehead atoms. The third kappa shape index (κ3) is 2.44. The quantitative estimate of drug-likeness (QED) is 0.887. The minimum absolute atomic E-state index is 0.0571. The van der Waals surface area contributed by atoms with Crippen LogP contribution in [0.3, 0.4) is 0 Å². The molecule has 2 N–H and O–H groups in total. The Morgan fingerprint density at radius 3 is 2.74 bits per heavy atom. The second kappa shape index (κ2) is 5.19. The van der Waals surface area contributed by atoms with Crippen LogP contribution in [-0.4, -0.2) is 28.4 Å². The molecule has 1 aromatic heterocycles. The molecule has 4 heteroatoms. The number of rotatable bonds is 2. The van der Waals surface area contributed by atoms with E-state index in [0.717, 1.165) is 19.4 Å². The van der Waals surface area contributed by atoms with Crippen LogP contribution in [0.1, 0.15) is 49.0 Å². The molecule has 2 fully saturated rings. The molecule has 0 spiro atoms. The highest BCUT2D eigenvalue weighted by molar-refractivity contribution is 5.93. The van der Waals surface area contributed by atoms with Crippen molar-refractivity contribution >= 4 is 11.7 Å². The van der Waals surface area contributed by atoms with E-state index in [0.29, 0.717) is 23.5 Å². The van der Waals surface area contributed by atoms with E-state index >= 15 is 0 Å². The third-order valence-corrected chi connectivity index (χ3v) is 4.49. The molecule has 1 amide bonds. The Hall–Kier alpha value is -1.58. The number of anilines is 1. The standard InChI is InChI=1S/C15H21N3O/c16-14-9-3-7-12(17-14)15(19)18-10-4-8-13(18)11-5-1-2-6-11/h3,7,9,11,13H,1-2,4-6,8,10H2,(H2,16,17)/t13-/m1/s1. The molecule has 102 valence electrons. The first-order chi connectivity index (χ1) is 9.25. The molecule has 0 aromatic carbocycles. The van der Waals surface area contributed by atoms with Crippen LogP contribution in [0.2, 0.25) is 0 Å². The van der Waals surface area contributed by atoms with Crippen LogP contribution in [0.5, 0.6) is 0 Å². The number of carbonyl (C=O) groups excluding carboxylic acids is 1. The van der Waals surface area contributed by atoms with Gasteiger partial charge in [0.15, 0.2) is 0 Å². The van der Waals surface area contributed by atoms with E-state index < -0.39 is 0 Å². The summed E-state index contributed by atoms with van der Waals surface area (Å²) in [6, 6.07) is 5.71. The largest absolute Gasteiger partial charge is 0.384 e. The summed E-state index contributed by atoms with van der Waals surface area (Å²) < 4.78 is 0. The summed E-state index contributed by atoms with van der Waals surface area (Å²) in [5.41, 5.74) is 6.16. The molecule has 19 heavy (non-hydrogen) atoms. The van der Waals surface area contributed by atoms with Gasteiger partial charge in [-0.15, -0.1) is 0 Å². The van der Waals surface area contributed by atoms with Gasteiger partial charge in [0.25, 0.3) is 5.91 Å². The smallest absolute Gasteiger partial charge is 0.272 e. The zero-order valence-electron chi connectivity index (χ0n) is 11.2. The molecule has 1 saturated heterocycles. The van der Waals surface area contributed by atoms with Crippen molar-refractivity contribution < 1.29 is 4.79 Å². The lowest BCUT2D eigenvalue weighted by molar-refractivity contribution is 0.0683. The Morgan fingerprint density at radius 1 is 1.21 bits per heavy atom. The number of aromatic nitrogens is 1. The van der Waals surface area contributed by atoms with E-state index in [-0.39, 0.29) is 5.91 Å². The summed E-state index contributed by atoms with van der Waals surface area (Å²) in [5.74, 6) is 1.18. The van der Waals surface area contributed by atoms with Gasteiger partial charge >= 0.3 is 0 Å². The van der Waals surface area contributed by atoms with Crippen LogP contribution >= 0.6 is 0 Å². The van der Waals surface area contributed by atoms with Crippen molar-refractivity contribution in [2.24, 2.45) is 5.92 Å². The van der Waals surface area contributed by atoms with Gasteiger partial charge in [-0.25, -0.2) is 4.98 Å². The summed E-state index contributed by atoms with van der Waals surface area (Å²) in [5, 5.41) is 0. The Kier molecular flexibility index (Phi) is 3.40. The van der Waals surface area contributed by atoms with Crippen molar-refractivity contribution in [1.29, 1.82) is 0 Å². The average molecular weight is 259 g/mol. The Labute approximate surface area is 114 Å². The van der Waals surface area contributed by atoms with Crippen LogP contribution < -0.4 is 5.73 Å². The van der Waals surface area contributed by atoms with Gasteiger partial charge in [0, 0.05) is 12.6 Å². The van der Waals surface area contributed by atoms with Crippen LogP contribution in [-0.2, 0) is 0 Å². The molecule has 1 aliphatic carbocycles. The summed E-state index contributed by atoms with van der Waals surface area (Å²) in [6.07, 6.45) is 7.46. The molecular weight excluding hydrogens is 238 g/mol. The number of carbonyl (C=O) groups is 1. The Bertz CT molecular complexity index is 468. The van der Waals surface area contributed by atoms with Crippen LogP contribution in [0.25, 0.3) is 0 Å². The number of nitrogens with zero attached hydrogens (tertiary/aromatic N) is 2. The predicted octanol–water partition coefficient (Wildman–Crippen LogP) is 2.46. The van der Waals surface area contributed by atoms with Crippen molar-refractivity contribution in [3.8, 4) is 0 Å².